The molecule has 1 saturated carbocycles. The van der Waals surface area contributed by atoms with Crippen molar-refractivity contribution in [1.29, 1.82) is 0 Å². The van der Waals surface area contributed by atoms with Crippen molar-refractivity contribution in [2.75, 3.05) is 0 Å². The molecule has 6 nitrogen and oxygen atoms in total. The molecule has 1 fully saturated rings. The van der Waals surface area contributed by atoms with Gasteiger partial charge in [0, 0.05) is 12.2 Å². The Labute approximate surface area is 131 Å². The van der Waals surface area contributed by atoms with E-state index in [1.807, 2.05) is 0 Å². The van der Waals surface area contributed by atoms with Crippen molar-refractivity contribution >= 4 is 17.0 Å². The average molecular weight is 320 g/mol. The number of aromatic carboxylic acids is 1. The van der Waals surface area contributed by atoms with Gasteiger partial charge in [0.05, 0.1) is 5.39 Å². The van der Waals surface area contributed by atoms with Gasteiger partial charge < -0.3 is 14.4 Å². The van der Waals surface area contributed by atoms with E-state index in [4.69, 9.17) is 4.74 Å². The number of aromatic nitrogens is 2. The summed E-state index contributed by atoms with van der Waals surface area (Å²) >= 11 is 0. The maximum atomic E-state index is 14.2. The number of fused-ring (bicyclic) bond motifs is 1. The van der Waals surface area contributed by atoms with E-state index in [-0.39, 0.29) is 28.5 Å². The number of nitrogens with zero attached hydrogens (tertiary/aromatic N) is 2. The highest BCUT2D eigenvalue weighted by molar-refractivity contribution is 5.91. The van der Waals surface area contributed by atoms with Crippen LogP contribution < -0.4 is 10.2 Å². The molecule has 0 unspecified atom stereocenters. The fourth-order valence-electron chi connectivity index (χ4n) is 2.38. The topological polar surface area (TPSA) is 81.4 Å². The Balaban J connectivity index is 2.29. The zero-order valence-electron chi connectivity index (χ0n) is 13.1. The Morgan fingerprint density at radius 1 is 1.43 bits per heavy atom. The number of carboxylic acids is 1. The second-order valence-electron chi connectivity index (χ2n) is 6.68. The van der Waals surface area contributed by atoms with E-state index in [1.54, 1.807) is 25.3 Å². The third kappa shape index (κ3) is 2.91. The van der Waals surface area contributed by atoms with Crippen molar-refractivity contribution in [3.63, 3.8) is 0 Å². The third-order valence-corrected chi connectivity index (χ3v) is 3.50. The Bertz CT molecular complexity index is 863. The molecule has 2 heterocycles. The summed E-state index contributed by atoms with van der Waals surface area (Å²) in [6, 6.07) is 1.09. The third-order valence-electron chi connectivity index (χ3n) is 3.50. The largest absolute Gasteiger partial charge is 0.477 e. The molecule has 0 bridgehead atoms. The molecule has 0 aliphatic heterocycles. The monoisotopic (exact) mass is 320 g/mol. The Morgan fingerprint density at radius 3 is 2.61 bits per heavy atom. The number of ether oxygens (including phenoxy) is 1. The fourth-order valence-corrected chi connectivity index (χ4v) is 2.38. The molecule has 2 aromatic rings. The zero-order chi connectivity index (χ0) is 16.9. The Kier molecular flexibility index (Phi) is 3.39. The predicted molar refractivity (Wildman–Crippen MR) is 81.6 cm³/mol. The van der Waals surface area contributed by atoms with Gasteiger partial charge in [0.15, 0.2) is 5.82 Å². The van der Waals surface area contributed by atoms with Gasteiger partial charge in [-0.1, -0.05) is 0 Å². The molecule has 1 N–H and O–H groups in total. The van der Waals surface area contributed by atoms with E-state index in [0.717, 1.165) is 18.9 Å². The molecule has 1 aliphatic rings. The van der Waals surface area contributed by atoms with Crippen molar-refractivity contribution in [2.24, 2.45) is 0 Å². The molecule has 0 aromatic carbocycles. The molecule has 0 spiro atoms. The number of carboxylic acid groups (broad SMARTS) is 1. The van der Waals surface area contributed by atoms with Crippen LogP contribution in [0.1, 0.15) is 50.0 Å². The lowest BCUT2D eigenvalue weighted by Crippen LogP contribution is -2.25. The minimum atomic E-state index is -1.33. The van der Waals surface area contributed by atoms with Crippen molar-refractivity contribution in [3.8, 4) is 5.88 Å². The van der Waals surface area contributed by atoms with Crippen molar-refractivity contribution < 1.29 is 19.0 Å². The van der Waals surface area contributed by atoms with E-state index in [9.17, 15) is 19.1 Å². The average Bonchev–Trinajstić information content (AvgIpc) is 3.23. The second-order valence-corrected chi connectivity index (χ2v) is 6.68. The molecule has 0 amide bonds. The first-order chi connectivity index (χ1) is 10.7. The number of hydrogen-bond acceptors (Lipinski definition) is 4. The van der Waals surface area contributed by atoms with Crippen LogP contribution in [0, 0.1) is 5.82 Å². The number of hydrogen-bond donors (Lipinski definition) is 1. The molecule has 2 aromatic heterocycles. The molecule has 7 heteroatoms. The highest BCUT2D eigenvalue weighted by Crippen LogP contribution is 2.37. The van der Waals surface area contributed by atoms with Crippen molar-refractivity contribution in [3.05, 3.63) is 33.9 Å². The standard InChI is InChI=1S/C16H17FN2O4/c1-16(2,3)23-14-11(17)6-9-12(20)10(15(21)22)7-19(8-4-5-8)13(9)18-14/h6-8H,4-5H2,1-3H3,(H,21,22). The highest BCUT2D eigenvalue weighted by atomic mass is 19.1. The SMILES string of the molecule is CC(C)(C)Oc1nc2c(cc1F)c(=O)c(C(=O)O)cn2C1CC1. The van der Waals surface area contributed by atoms with Gasteiger partial charge in [-0.15, -0.1) is 0 Å². The first-order valence-electron chi connectivity index (χ1n) is 7.35. The van der Waals surface area contributed by atoms with Crippen LogP contribution in [-0.2, 0) is 0 Å². The van der Waals surface area contributed by atoms with Crippen LogP contribution in [0.15, 0.2) is 17.1 Å². The summed E-state index contributed by atoms with van der Waals surface area (Å²) < 4.78 is 21.4. The summed E-state index contributed by atoms with van der Waals surface area (Å²) in [5.41, 5.74) is -1.51. The lowest BCUT2D eigenvalue weighted by Gasteiger charge is -2.21. The molecular formula is C16H17FN2O4. The zero-order valence-corrected chi connectivity index (χ0v) is 13.1. The fraction of sp³-hybridized carbons (Fsp3) is 0.438. The first-order valence-corrected chi connectivity index (χ1v) is 7.35. The molecule has 0 saturated heterocycles. The summed E-state index contributed by atoms with van der Waals surface area (Å²) in [4.78, 5) is 27.7. The van der Waals surface area contributed by atoms with Crippen LogP contribution in [0.5, 0.6) is 5.88 Å². The molecule has 3 rings (SSSR count). The lowest BCUT2D eigenvalue weighted by atomic mass is 10.1. The summed E-state index contributed by atoms with van der Waals surface area (Å²) in [5.74, 6) is -2.31. The summed E-state index contributed by atoms with van der Waals surface area (Å²) in [7, 11) is 0. The maximum Gasteiger partial charge on any atom is 0.341 e. The number of pyridine rings is 2. The van der Waals surface area contributed by atoms with E-state index >= 15 is 0 Å². The van der Waals surface area contributed by atoms with E-state index in [0.29, 0.717) is 0 Å². The predicted octanol–water partition coefficient (Wildman–Crippen LogP) is 2.75. The summed E-state index contributed by atoms with van der Waals surface area (Å²) in [6.07, 6.45) is 3.02. The van der Waals surface area contributed by atoms with Gasteiger partial charge in [0.1, 0.15) is 16.8 Å². The van der Waals surface area contributed by atoms with Crippen LogP contribution in [0.25, 0.3) is 11.0 Å². The van der Waals surface area contributed by atoms with Crippen LogP contribution in [0.3, 0.4) is 0 Å². The minimum Gasteiger partial charge on any atom is -0.477 e. The van der Waals surface area contributed by atoms with Gasteiger partial charge in [-0.3, -0.25) is 4.79 Å². The van der Waals surface area contributed by atoms with E-state index in [2.05, 4.69) is 4.98 Å². The van der Waals surface area contributed by atoms with E-state index < -0.39 is 22.8 Å². The van der Waals surface area contributed by atoms with Gasteiger partial charge >= 0.3 is 5.97 Å². The highest BCUT2D eigenvalue weighted by Gasteiger charge is 2.28. The van der Waals surface area contributed by atoms with Gasteiger partial charge in [-0.05, 0) is 39.7 Å². The molecule has 122 valence electrons. The maximum absolute atomic E-state index is 14.2. The summed E-state index contributed by atoms with van der Waals surface area (Å²) in [5, 5.41) is 9.13. The van der Waals surface area contributed by atoms with Crippen LogP contribution >= 0.6 is 0 Å². The molecule has 1 aliphatic carbocycles. The van der Waals surface area contributed by atoms with Crippen molar-refractivity contribution in [1.82, 2.24) is 9.55 Å². The van der Waals surface area contributed by atoms with Crippen LogP contribution in [0.2, 0.25) is 0 Å². The van der Waals surface area contributed by atoms with Gasteiger partial charge in [0.2, 0.25) is 5.43 Å². The number of rotatable bonds is 3. The van der Waals surface area contributed by atoms with Crippen molar-refractivity contribution in [2.45, 2.75) is 45.3 Å². The summed E-state index contributed by atoms with van der Waals surface area (Å²) in [6.45, 7) is 5.29. The number of carbonyl (C=O) groups is 1. The smallest absolute Gasteiger partial charge is 0.341 e. The van der Waals surface area contributed by atoms with Gasteiger partial charge in [-0.2, -0.15) is 4.98 Å². The first kappa shape index (κ1) is 15.5. The normalized spacial score (nSPS) is 15.0. The Hall–Kier alpha value is -2.44. The molecule has 23 heavy (non-hydrogen) atoms. The van der Waals surface area contributed by atoms with Crippen LogP contribution in [-0.4, -0.2) is 26.2 Å². The lowest BCUT2D eigenvalue weighted by molar-refractivity contribution is 0.0695. The molecule has 0 atom stereocenters. The second kappa shape index (κ2) is 5.04. The van der Waals surface area contributed by atoms with Gasteiger partial charge in [-0.25, -0.2) is 9.18 Å². The number of halogens is 1. The minimum absolute atomic E-state index is 0.0458. The molecule has 0 radical (unpaired) electrons. The van der Waals surface area contributed by atoms with Gasteiger partial charge in [0.25, 0.3) is 5.88 Å². The molecular weight excluding hydrogens is 303 g/mol. The van der Waals surface area contributed by atoms with Crippen LogP contribution in [0.4, 0.5) is 4.39 Å². The Morgan fingerprint density at radius 2 is 2.09 bits per heavy atom. The van der Waals surface area contributed by atoms with E-state index in [1.165, 1.54) is 6.20 Å². The quantitative estimate of drug-likeness (QED) is 0.940.